The molecule has 1 aromatic carbocycles. The molecule has 144 valence electrons. The van der Waals surface area contributed by atoms with Gasteiger partial charge in [0.05, 0.1) is 18.6 Å². The van der Waals surface area contributed by atoms with Crippen molar-refractivity contribution in [3.05, 3.63) is 48.3 Å². The lowest BCUT2D eigenvalue weighted by Gasteiger charge is -2.36. The van der Waals surface area contributed by atoms with E-state index in [0.717, 1.165) is 31.2 Å². The van der Waals surface area contributed by atoms with Gasteiger partial charge >= 0.3 is 0 Å². The van der Waals surface area contributed by atoms with E-state index in [2.05, 4.69) is 20.2 Å². The Bertz CT molecular complexity index is 797. The third kappa shape index (κ3) is 4.64. The van der Waals surface area contributed by atoms with Crippen LogP contribution in [0, 0.1) is 5.82 Å². The Morgan fingerprint density at radius 2 is 2.00 bits per heavy atom. The molecule has 1 aliphatic rings. The highest BCUT2D eigenvalue weighted by Gasteiger charge is 2.20. The van der Waals surface area contributed by atoms with E-state index < -0.39 is 0 Å². The number of nitrogens with one attached hydrogen (secondary N) is 1. The molecule has 0 radical (unpaired) electrons. The van der Waals surface area contributed by atoms with Gasteiger partial charge in [0.25, 0.3) is 0 Å². The van der Waals surface area contributed by atoms with Gasteiger partial charge in [0.1, 0.15) is 5.82 Å². The number of benzene rings is 1. The molecule has 1 fully saturated rings. The minimum atomic E-state index is -0.305. The van der Waals surface area contributed by atoms with Gasteiger partial charge in [0.2, 0.25) is 5.91 Å². The summed E-state index contributed by atoms with van der Waals surface area (Å²) in [5.74, 6) is 0.589. The predicted octanol–water partition coefficient (Wildman–Crippen LogP) is 1.64. The summed E-state index contributed by atoms with van der Waals surface area (Å²) in [5.41, 5.74) is 1.27. The maximum atomic E-state index is 14.4. The highest BCUT2D eigenvalue weighted by molar-refractivity contribution is 5.80. The number of hydrogen-bond acceptors (Lipinski definition) is 3. The summed E-state index contributed by atoms with van der Waals surface area (Å²) in [5, 5.41) is 3.28. The number of piperazine rings is 1. The van der Waals surface area contributed by atoms with Gasteiger partial charge in [-0.2, -0.15) is 0 Å². The number of carbonyl (C=O) groups excluding carboxylic acids is 1. The van der Waals surface area contributed by atoms with Crippen molar-refractivity contribution >= 4 is 11.9 Å². The van der Waals surface area contributed by atoms with Crippen LogP contribution in [0.15, 0.2) is 41.9 Å². The predicted molar refractivity (Wildman–Crippen MR) is 102 cm³/mol. The zero-order valence-electron chi connectivity index (χ0n) is 15.7. The molecule has 1 amide bonds. The van der Waals surface area contributed by atoms with Crippen molar-refractivity contribution in [3.8, 4) is 5.69 Å². The molecule has 1 aliphatic heterocycles. The van der Waals surface area contributed by atoms with Crippen molar-refractivity contribution < 1.29 is 9.18 Å². The van der Waals surface area contributed by atoms with E-state index in [9.17, 15) is 9.18 Å². The summed E-state index contributed by atoms with van der Waals surface area (Å²) < 4.78 is 16.0. The normalized spacial score (nSPS) is 15.1. The number of imidazole rings is 1. The largest absolute Gasteiger partial charge is 0.357 e. The van der Waals surface area contributed by atoms with Crippen molar-refractivity contribution in [1.29, 1.82) is 0 Å². The van der Waals surface area contributed by atoms with Gasteiger partial charge in [-0.05, 0) is 24.6 Å². The number of nitrogens with zero attached hydrogens (tertiary/aromatic N) is 5. The van der Waals surface area contributed by atoms with Crippen molar-refractivity contribution in [2.24, 2.45) is 4.99 Å². The molecule has 0 bridgehead atoms. The number of aliphatic imine (C=N–C) groups is 1. The zero-order valence-corrected chi connectivity index (χ0v) is 15.7. The van der Waals surface area contributed by atoms with Crippen molar-refractivity contribution in [2.45, 2.75) is 20.4 Å². The minimum absolute atomic E-state index is 0.102. The SMILES string of the molecule is CCNC(=NCc1ccc(-n2ccnc2)c(F)c1)N1CCN(C(C)=O)CC1. The Labute approximate surface area is 158 Å². The molecule has 7 nitrogen and oxygen atoms in total. The third-order valence-corrected chi connectivity index (χ3v) is 4.57. The Morgan fingerprint density at radius 1 is 1.26 bits per heavy atom. The number of halogens is 1. The quantitative estimate of drug-likeness (QED) is 0.655. The second-order valence-electron chi connectivity index (χ2n) is 6.42. The van der Waals surface area contributed by atoms with Crippen molar-refractivity contribution in [3.63, 3.8) is 0 Å². The summed E-state index contributed by atoms with van der Waals surface area (Å²) >= 11 is 0. The Hall–Kier alpha value is -2.90. The van der Waals surface area contributed by atoms with Gasteiger partial charge in [-0.15, -0.1) is 0 Å². The van der Waals surface area contributed by atoms with Gasteiger partial charge < -0.3 is 19.7 Å². The standard InChI is InChI=1S/C19H25FN6O/c1-3-22-19(25-10-8-24(9-11-25)15(2)27)23-13-16-4-5-18(17(20)12-16)26-7-6-21-14-26/h4-7,12,14H,3,8-11,13H2,1-2H3,(H,22,23). The molecular formula is C19H25FN6O. The van der Waals surface area contributed by atoms with Crippen LogP contribution in [-0.2, 0) is 11.3 Å². The number of rotatable bonds is 4. The van der Waals surface area contributed by atoms with Gasteiger partial charge in [-0.3, -0.25) is 4.79 Å². The van der Waals surface area contributed by atoms with E-state index in [1.54, 1.807) is 36.3 Å². The summed E-state index contributed by atoms with van der Waals surface area (Å²) in [4.78, 5) is 24.1. The van der Waals surface area contributed by atoms with Crippen LogP contribution in [0.2, 0.25) is 0 Å². The molecule has 2 heterocycles. The van der Waals surface area contributed by atoms with Crippen molar-refractivity contribution in [1.82, 2.24) is 24.7 Å². The summed E-state index contributed by atoms with van der Waals surface area (Å²) in [7, 11) is 0. The van der Waals surface area contributed by atoms with Gasteiger partial charge in [0.15, 0.2) is 5.96 Å². The van der Waals surface area contributed by atoms with Crippen LogP contribution in [-0.4, -0.2) is 63.9 Å². The van der Waals surface area contributed by atoms with Gasteiger partial charge in [0, 0.05) is 52.0 Å². The van der Waals surface area contributed by atoms with Crippen molar-refractivity contribution in [2.75, 3.05) is 32.7 Å². The first-order valence-corrected chi connectivity index (χ1v) is 9.14. The van der Waals surface area contributed by atoms with Crippen LogP contribution in [0.3, 0.4) is 0 Å². The number of carbonyl (C=O) groups is 1. The average Bonchev–Trinajstić information content (AvgIpc) is 3.19. The smallest absolute Gasteiger partial charge is 0.219 e. The van der Waals surface area contributed by atoms with Crippen LogP contribution in [0.25, 0.3) is 5.69 Å². The maximum Gasteiger partial charge on any atom is 0.219 e. The number of aromatic nitrogens is 2. The highest BCUT2D eigenvalue weighted by atomic mass is 19.1. The maximum absolute atomic E-state index is 14.4. The topological polar surface area (TPSA) is 65.8 Å². The summed E-state index contributed by atoms with van der Waals surface area (Å²) in [6, 6.07) is 5.12. The lowest BCUT2D eigenvalue weighted by molar-refractivity contribution is -0.130. The van der Waals surface area contributed by atoms with Crippen LogP contribution in [0.1, 0.15) is 19.4 Å². The molecule has 0 unspecified atom stereocenters. The van der Waals surface area contributed by atoms with E-state index in [0.29, 0.717) is 25.3 Å². The van der Waals surface area contributed by atoms with Gasteiger partial charge in [-0.25, -0.2) is 14.4 Å². The Balaban J connectivity index is 1.68. The van der Waals surface area contributed by atoms with Crippen LogP contribution in [0.5, 0.6) is 0 Å². The molecule has 2 aromatic rings. The molecule has 27 heavy (non-hydrogen) atoms. The molecule has 0 saturated carbocycles. The molecule has 8 heteroatoms. The summed E-state index contributed by atoms with van der Waals surface area (Å²) in [6.45, 7) is 7.59. The lowest BCUT2D eigenvalue weighted by atomic mass is 10.2. The molecule has 0 spiro atoms. The molecule has 3 rings (SSSR count). The molecule has 0 aliphatic carbocycles. The first-order chi connectivity index (χ1) is 13.1. The van der Waals surface area contributed by atoms with E-state index in [1.807, 2.05) is 17.9 Å². The molecule has 1 N–H and O–H groups in total. The van der Waals surface area contributed by atoms with Crippen LogP contribution < -0.4 is 5.32 Å². The molecule has 0 atom stereocenters. The van der Waals surface area contributed by atoms with Crippen LogP contribution >= 0.6 is 0 Å². The van der Waals surface area contributed by atoms with E-state index in [4.69, 9.17) is 0 Å². The number of hydrogen-bond donors (Lipinski definition) is 1. The monoisotopic (exact) mass is 372 g/mol. The minimum Gasteiger partial charge on any atom is -0.357 e. The van der Waals surface area contributed by atoms with Gasteiger partial charge in [-0.1, -0.05) is 6.07 Å². The fourth-order valence-electron chi connectivity index (χ4n) is 3.08. The molecular weight excluding hydrogens is 347 g/mol. The fourth-order valence-corrected chi connectivity index (χ4v) is 3.08. The zero-order chi connectivity index (χ0) is 19.2. The molecule has 1 aromatic heterocycles. The van der Waals surface area contributed by atoms with Crippen LogP contribution in [0.4, 0.5) is 4.39 Å². The summed E-state index contributed by atoms with van der Waals surface area (Å²) in [6.07, 6.45) is 4.90. The first kappa shape index (κ1) is 18.9. The molecule has 1 saturated heterocycles. The first-order valence-electron chi connectivity index (χ1n) is 9.14. The number of guanidine groups is 1. The average molecular weight is 372 g/mol. The Kier molecular flexibility index (Phi) is 6.05. The second kappa shape index (κ2) is 8.66. The van der Waals surface area contributed by atoms with E-state index in [1.165, 1.54) is 6.07 Å². The Morgan fingerprint density at radius 3 is 2.59 bits per heavy atom. The number of amides is 1. The van der Waals surface area contributed by atoms with E-state index in [-0.39, 0.29) is 11.7 Å². The highest BCUT2D eigenvalue weighted by Crippen LogP contribution is 2.16. The lowest BCUT2D eigenvalue weighted by Crippen LogP contribution is -2.53. The second-order valence-corrected chi connectivity index (χ2v) is 6.42. The third-order valence-electron chi connectivity index (χ3n) is 4.57. The van der Waals surface area contributed by atoms with E-state index >= 15 is 0 Å². The fraction of sp³-hybridized carbons (Fsp3) is 0.421.